The molecule has 1 fully saturated rings. The third-order valence-electron chi connectivity index (χ3n) is 4.78. The number of esters is 1. The third kappa shape index (κ3) is 3.83. The highest BCUT2D eigenvalue weighted by atomic mass is 16.5. The Kier molecular flexibility index (Phi) is 4.97. The molecule has 4 rings (SSSR count). The highest BCUT2D eigenvalue weighted by Gasteiger charge is 2.28. The number of hydrogen-bond donors (Lipinski definition) is 1. The predicted molar refractivity (Wildman–Crippen MR) is 104 cm³/mol. The quantitative estimate of drug-likeness (QED) is 0.541. The van der Waals surface area contributed by atoms with Crippen molar-refractivity contribution in [2.24, 2.45) is 0 Å². The first-order valence-corrected chi connectivity index (χ1v) is 9.29. The monoisotopic (exact) mass is 379 g/mol. The van der Waals surface area contributed by atoms with E-state index >= 15 is 0 Å². The Morgan fingerprint density at radius 2 is 2.00 bits per heavy atom. The zero-order valence-electron chi connectivity index (χ0n) is 15.6. The first kappa shape index (κ1) is 18.0. The number of oxazole rings is 1. The topological polar surface area (TPSA) is 84.7 Å². The second-order valence-corrected chi connectivity index (χ2v) is 6.78. The van der Waals surface area contributed by atoms with Crippen molar-refractivity contribution >= 4 is 29.0 Å². The second kappa shape index (κ2) is 7.72. The van der Waals surface area contributed by atoms with E-state index in [0.717, 1.165) is 30.5 Å². The van der Waals surface area contributed by atoms with E-state index in [-0.39, 0.29) is 11.9 Å². The van der Waals surface area contributed by atoms with E-state index in [1.54, 1.807) is 24.3 Å². The number of carbonyl (C=O) groups excluding carboxylic acids is 2. The number of aromatic nitrogens is 1. The SMILES string of the molecule is CC(=O)Oc1ccc(C(=O)NCC2CCCN2c2nc3ccccc3o2)cc1. The van der Waals surface area contributed by atoms with E-state index in [1.165, 1.54) is 6.92 Å². The van der Waals surface area contributed by atoms with Crippen LogP contribution in [0.5, 0.6) is 5.75 Å². The van der Waals surface area contributed by atoms with Crippen molar-refractivity contribution in [1.29, 1.82) is 0 Å². The number of nitrogens with one attached hydrogen (secondary N) is 1. The summed E-state index contributed by atoms with van der Waals surface area (Å²) in [6.07, 6.45) is 1.99. The number of para-hydroxylation sites is 2. The molecule has 3 aromatic rings. The molecule has 2 aromatic carbocycles. The van der Waals surface area contributed by atoms with Gasteiger partial charge in [0.2, 0.25) is 0 Å². The molecule has 1 unspecified atom stereocenters. The Hall–Kier alpha value is -3.35. The molecule has 1 aromatic heterocycles. The fourth-order valence-corrected chi connectivity index (χ4v) is 3.44. The van der Waals surface area contributed by atoms with Gasteiger partial charge in [-0.15, -0.1) is 0 Å². The number of rotatable bonds is 5. The van der Waals surface area contributed by atoms with Gasteiger partial charge in [0, 0.05) is 25.6 Å². The fourth-order valence-electron chi connectivity index (χ4n) is 3.44. The molecule has 0 spiro atoms. The number of benzene rings is 2. The van der Waals surface area contributed by atoms with Gasteiger partial charge in [0.25, 0.3) is 11.9 Å². The highest BCUT2D eigenvalue weighted by Crippen LogP contribution is 2.28. The standard InChI is InChI=1S/C21H21N3O4/c1-14(25)27-17-10-8-15(9-11-17)20(26)22-13-16-5-4-12-24(16)21-23-18-6-2-3-7-19(18)28-21/h2-3,6-11,16H,4-5,12-13H2,1H3,(H,22,26). The van der Waals surface area contributed by atoms with Gasteiger partial charge < -0.3 is 19.4 Å². The number of fused-ring (bicyclic) bond motifs is 1. The number of nitrogens with zero attached hydrogens (tertiary/aromatic N) is 2. The minimum Gasteiger partial charge on any atom is -0.427 e. The first-order chi connectivity index (χ1) is 13.6. The summed E-state index contributed by atoms with van der Waals surface area (Å²) in [6, 6.07) is 14.9. The van der Waals surface area contributed by atoms with Gasteiger partial charge in [0.15, 0.2) is 5.58 Å². The van der Waals surface area contributed by atoms with Gasteiger partial charge in [-0.25, -0.2) is 0 Å². The van der Waals surface area contributed by atoms with E-state index in [4.69, 9.17) is 9.15 Å². The lowest BCUT2D eigenvalue weighted by molar-refractivity contribution is -0.131. The van der Waals surface area contributed by atoms with Crippen LogP contribution in [0.2, 0.25) is 0 Å². The van der Waals surface area contributed by atoms with Gasteiger partial charge in [-0.1, -0.05) is 12.1 Å². The number of ether oxygens (including phenoxy) is 1. The first-order valence-electron chi connectivity index (χ1n) is 9.29. The lowest BCUT2D eigenvalue weighted by Gasteiger charge is -2.23. The molecule has 0 radical (unpaired) electrons. The summed E-state index contributed by atoms with van der Waals surface area (Å²) < 4.78 is 10.9. The van der Waals surface area contributed by atoms with Gasteiger partial charge in [0.05, 0.1) is 6.04 Å². The van der Waals surface area contributed by atoms with Crippen LogP contribution in [0, 0.1) is 0 Å². The van der Waals surface area contributed by atoms with Crippen LogP contribution in [-0.2, 0) is 4.79 Å². The molecule has 28 heavy (non-hydrogen) atoms. The molecule has 0 saturated carbocycles. The molecule has 1 aliphatic heterocycles. The third-order valence-corrected chi connectivity index (χ3v) is 4.78. The van der Waals surface area contributed by atoms with Crippen molar-refractivity contribution in [3.63, 3.8) is 0 Å². The lowest BCUT2D eigenvalue weighted by atomic mass is 10.2. The van der Waals surface area contributed by atoms with Gasteiger partial charge in [-0.3, -0.25) is 9.59 Å². The van der Waals surface area contributed by atoms with Crippen LogP contribution in [0.25, 0.3) is 11.1 Å². The molecule has 1 atom stereocenters. The average Bonchev–Trinajstić information content (AvgIpc) is 3.32. The van der Waals surface area contributed by atoms with Crippen molar-refractivity contribution in [1.82, 2.24) is 10.3 Å². The Bertz CT molecular complexity index is 963. The average molecular weight is 379 g/mol. The highest BCUT2D eigenvalue weighted by molar-refractivity contribution is 5.94. The van der Waals surface area contributed by atoms with E-state index in [0.29, 0.717) is 23.9 Å². The molecular formula is C21H21N3O4. The number of anilines is 1. The van der Waals surface area contributed by atoms with Crippen LogP contribution < -0.4 is 15.0 Å². The summed E-state index contributed by atoms with van der Waals surface area (Å²) in [5, 5.41) is 2.98. The molecule has 1 saturated heterocycles. The van der Waals surface area contributed by atoms with Crippen LogP contribution >= 0.6 is 0 Å². The van der Waals surface area contributed by atoms with Gasteiger partial charge >= 0.3 is 5.97 Å². The predicted octanol–water partition coefficient (Wildman–Crippen LogP) is 3.15. The summed E-state index contributed by atoms with van der Waals surface area (Å²) in [4.78, 5) is 30.1. The maximum Gasteiger partial charge on any atom is 0.308 e. The van der Waals surface area contributed by atoms with Gasteiger partial charge in [0.1, 0.15) is 11.3 Å². The van der Waals surface area contributed by atoms with Crippen LogP contribution in [0.4, 0.5) is 6.01 Å². The maximum absolute atomic E-state index is 12.4. The zero-order valence-corrected chi connectivity index (χ0v) is 15.6. The Morgan fingerprint density at radius 1 is 1.21 bits per heavy atom. The lowest BCUT2D eigenvalue weighted by Crippen LogP contribution is -2.40. The van der Waals surface area contributed by atoms with E-state index in [2.05, 4.69) is 15.2 Å². The minimum atomic E-state index is -0.391. The number of amides is 1. The van der Waals surface area contributed by atoms with Crippen molar-refractivity contribution in [2.75, 3.05) is 18.0 Å². The Labute approximate surface area is 162 Å². The van der Waals surface area contributed by atoms with Crippen molar-refractivity contribution in [2.45, 2.75) is 25.8 Å². The molecule has 7 nitrogen and oxygen atoms in total. The van der Waals surface area contributed by atoms with Gasteiger partial charge in [-0.2, -0.15) is 4.98 Å². The molecule has 1 N–H and O–H groups in total. The summed E-state index contributed by atoms with van der Waals surface area (Å²) >= 11 is 0. The van der Waals surface area contributed by atoms with Crippen molar-refractivity contribution in [3.05, 3.63) is 54.1 Å². The molecular weight excluding hydrogens is 358 g/mol. The van der Waals surface area contributed by atoms with E-state index in [9.17, 15) is 9.59 Å². The minimum absolute atomic E-state index is 0.136. The molecule has 2 heterocycles. The molecule has 144 valence electrons. The molecule has 7 heteroatoms. The summed E-state index contributed by atoms with van der Waals surface area (Å²) in [5.74, 6) is -0.140. The van der Waals surface area contributed by atoms with Crippen LogP contribution in [-0.4, -0.2) is 36.0 Å². The van der Waals surface area contributed by atoms with Crippen LogP contribution in [0.3, 0.4) is 0 Å². The van der Waals surface area contributed by atoms with Crippen LogP contribution in [0.1, 0.15) is 30.1 Å². The van der Waals surface area contributed by atoms with Crippen molar-refractivity contribution in [3.8, 4) is 5.75 Å². The maximum atomic E-state index is 12.4. The summed E-state index contributed by atoms with van der Waals surface area (Å²) in [5.41, 5.74) is 2.11. The Balaban J connectivity index is 1.39. The van der Waals surface area contributed by atoms with Crippen LogP contribution in [0.15, 0.2) is 52.9 Å². The number of hydrogen-bond acceptors (Lipinski definition) is 6. The molecule has 0 aliphatic carbocycles. The second-order valence-electron chi connectivity index (χ2n) is 6.78. The molecule has 1 amide bonds. The van der Waals surface area contributed by atoms with Gasteiger partial charge in [-0.05, 0) is 49.2 Å². The Morgan fingerprint density at radius 3 is 2.75 bits per heavy atom. The normalized spacial score (nSPS) is 16.3. The smallest absolute Gasteiger partial charge is 0.308 e. The molecule has 1 aliphatic rings. The van der Waals surface area contributed by atoms with E-state index in [1.807, 2.05) is 24.3 Å². The molecule has 0 bridgehead atoms. The number of carbonyl (C=O) groups is 2. The van der Waals surface area contributed by atoms with E-state index < -0.39 is 5.97 Å². The largest absolute Gasteiger partial charge is 0.427 e. The fraction of sp³-hybridized carbons (Fsp3) is 0.286. The van der Waals surface area contributed by atoms with Crippen molar-refractivity contribution < 1.29 is 18.7 Å². The summed E-state index contributed by atoms with van der Waals surface area (Å²) in [7, 11) is 0. The zero-order chi connectivity index (χ0) is 19.5. The summed E-state index contributed by atoms with van der Waals surface area (Å²) in [6.45, 7) is 2.69.